The van der Waals surface area contributed by atoms with Crippen molar-refractivity contribution >= 4 is 0 Å². The summed E-state index contributed by atoms with van der Waals surface area (Å²) in [4.78, 5) is 4.63. The van der Waals surface area contributed by atoms with E-state index in [1.165, 1.54) is 13.2 Å². The maximum atomic E-state index is 13.4. The lowest BCUT2D eigenvalue weighted by Crippen LogP contribution is -2.51. The van der Waals surface area contributed by atoms with Crippen molar-refractivity contribution in [3.8, 4) is 5.75 Å². The van der Waals surface area contributed by atoms with E-state index in [4.69, 9.17) is 9.84 Å². The van der Waals surface area contributed by atoms with Crippen LogP contribution in [0.25, 0.3) is 0 Å². The summed E-state index contributed by atoms with van der Waals surface area (Å²) >= 11 is 0. The Kier molecular flexibility index (Phi) is 5.34. The highest BCUT2D eigenvalue weighted by Crippen LogP contribution is 2.20. The molecule has 1 heterocycles. The number of aliphatic hydroxyl groups excluding tert-OH is 1. The lowest BCUT2D eigenvalue weighted by molar-refractivity contribution is 0.0742. The minimum Gasteiger partial charge on any atom is -0.494 e. The van der Waals surface area contributed by atoms with Gasteiger partial charge in [-0.2, -0.15) is 0 Å². The molecule has 4 nitrogen and oxygen atoms in total. The van der Waals surface area contributed by atoms with Crippen molar-refractivity contribution in [3.05, 3.63) is 29.6 Å². The lowest BCUT2D eigenvalue weighted by Gasteiger charge is -2.39. The Labute approximate surface area is 119 Å². The zero-order valence-electron chi connectivity index (χ0n) is 12.2. The minimum atomic E-state index is -0.326. The van der Waals surface area contributed by atoms with Crippen molar-refractivity contribution < 1.29 is 14.2 Å². The molecule has 0 saturated carbocycles. The predicted octanol–water partition coefficient (Wildman–Crippen LogP) is 1.33. The van der Waals surface area contributed by atoms with Gasteiger partial charge in [0.05, 0.1) is 7.11 Å². The number of rotatable bonds is 5. The van der Waals surface area contributed by atoms with Gasteiger partial charge in [-0.1, -0.05) is 6.07 Å². The van der Waals surface area contributed by atoms with Gasteiger partial charge in [-0.15, -0.1) is 0 Å². The zero-order chi connectivity index (χ0) is 14.5. The van der Waals surface area contributed by atoms with Gasteiger partial charge in [0.1, 0.15) is 0 Å². The number of piperazine rings is 1. The van der Waals surface area contributed by atoms with Crippen molar-refractivity contribution in [1.82, 2.24) is 9.80 Å². The van der Waals surface area contributed by atoms with E-state index in [0.717, 1.165) is 38.2 Å². The van der Waals surface area contributed by atoms with E-state index < -0.39 is 0 Å². The molecule has 1 fully saturated rings. The van der Waals surface area contributed by atoms with Gasteiger partial charge in [0.25, 0.3) is 0 Å². The second kappa shape index (κ2) is 7.02. The van der Waals surface area contributed by atoms with Crippen LogP contribution in [0.4, 0.5) is 4.39 Å². The van der Waals surface area contributed by atoms with Gasteiger partial charge >= 0.3 is 0 Å². The first-order valence-electron chi connectivity index (χ1n) is 7.00. The summed E-state index contributed by atoms with van der Waals surface area (Å²) < 4.78 is 18.4. The molecule has 1 aliphatic rings. The van der Waals surface area contributed by atoms with E-state index >= 15 is 0 Å². The van der Waals surface area contributed by atoms with Crippen molar-refractivity contribution in [2.24, 2.45) is 0 Å². The summed E-state index contributed by atoms with van der Waals surface area (Å²) in [5.41, 5.74) is 1.05. The molecule has 1 aromatic rings. The fourth-order valence-corrected chi connectivity index (χ4v) is 2.68. The third kappa shape index (κ3) is 3.69. The molecule has 0 aliphatic carbocycles. The molecule has 1 unspecified atom stereocenters. The Morgan fingerprint density at radius 2 is 2.20 bits per heavy atom. The Balaban J connectivity index is 1.99. The quantitative estimate of drug-likeness (QED) is 0.884. The normalized spacial score (nSPS) is 21.1. The molecular formula is C15H23FN2O2. The monoisotopic (exact) mass is 282 g/mol. The summed E-state index contributed by atoms with van der Waals surface area (Å²) in [6, 6.07) is 5.40. The third-order valence-corrected chi connectivity index (χ3v) is 3.95. The largest absolute Gasteiger partial charge is 0.494 e. The number of ether oxygens (including phenoxy) is 1. The number of halogens is 1. The third-order valence-electron chi connectivity index (χ3n) is 3.95. The van der Waals surface area contributed by atoms with E-state index in [1.54, 1.807) is 12.1 Å². The summed E-state index contributed by atoms with van der Waals surface area (Å²) in [7, 11) is 3.58. The van der Waals surface area contributed by atoms with Crippen LogP contribution in [0.3, 0.4) is 0 Å². The van der Waals surface area contributed by atoms with Gasteiger partial charge in [-0.05, 0) is 31.2 Å². The Bertz CT molecular complexity index is 442. The summed E-state index contributed by atoms with van der Waals surface area (Å²) in [6.45, 7) is 3.90. The first kappa shape index (κ1) is 15.2. The molecule has 0 amide bonds. The average Bonchev–Trinajstić information content (AvgIpc) is 2.45. The van der Waals surface area contributed by atoms with Crippen LogP contribution in [-0.2, 0) is 6.54 Å². The second-order valence-corrected chi connectivity index (χ2v) is 5.35. The fourth-order valence-electron chi connectivity index (χ4n) is 2.68. The SMILES string of the molecule is COc1cc(CN2CCN(C)C(CCO)C2)ccc1F. The lowest BCUT2D eigenvalue weighted by atomic mass is 10.1. The molecule has 1 aliphatic heterocycles. The number of benzene rings is 1. The average molecular weight is 282 g/mol. The van der Waals surface area contributed by atoms with Gasteiger partial charge in [-0.3, -0.25) is 4.90 Å². The molecule has 5 heteroatoms. The number of likely N-dealkylation sites (N-methyl/N-ethyl adjacent to an activating group) is 1. The van der Waals surface area contributed by atoms with Crippen LogP contribution in [0.15, 0.2) is 18.2 Å². The molecule has 1 N–H and O–H groups in total. The van der Waals surface area contributed by atoms with Crippen molar-refractivity contribution in [2.45, 2.75) is 19.0 Å². The molecule has 0 aromatic heterocycles. The molecule has 2 rings (SSSR count). The Morgan fingerprint density at radius 1 is 1.40 bits per heavy atom. The van der Waals surface area contributed by atoms with E-state index in [0.29, 0.717) is 11.8 Å². The first-order chi connectivity index (χ1) is 9.63. The highest BCUT2D eigenvalue weighted by atomic mass is 19.1. The van der Waals surface area contributed by atoms with Gasteiger partial charge in [0.15, 0.2) is 11.6 Å². The molecule has 1 aromatic carbocycles. The van der Waals surface area contributed by atoms with E-state index in [1.807, 2.05) is 0 Å². The highest BCUT2D eigenvalue weighted by molar-refractivity contribution is 5.30. The fraction of sp³-hybridized carbons (Fsp3) is 0.600. The standard InChI is InChI=1S/C15H23FN2O2/c1-17-6-7-18(11-13(17)5-8-19)10-12-3-4-14(16)15(9-12)20-2/h3-4,9,13,19H,5-8,10-11H2,1-2H3. The molecule has 0 radical (unpaired) electrons. The number of methoxy groups -OCH3 is 1. The molecule has 20 heavy (non-hydrogen) atoms. The summed E-state index contributed by atoms with van der Waals surface area (Å²) in [6.07, 6.45) is 0.791. The zero-order valence-corrected chi connectivity index (χ0v) is 12.2. The van der Waals surface area contributed by atoms with E-state index in [2.05, 4.69) is 16.8 Å². The maximum Gasteiger partial charge on any atom is 0.165 e. The minimum absolute atomic E-state index is 0.215. The molecule has 1 saturated heterocycles. The van der Waals surface area contributed by atoms with E-state index in [9.17, 15) is 4.39 Å². The molecular weight excluding hydrogens is 259 g/mol. The van der Waals surface area contributed by atoms with Crippen LogP contribution in [-0.4, -0.2) is 61.3 Å². The summed E-state index contributed by atoms with van der Waals surface area (Å²) in [5, 5.41) is 9.11. The number of nitrogens with zero attached hydrogens (tertiary/aromatic N) is 2. The molecule has 112 valence electrons. The highest BCUT2D eigenvalue weighted by Gasteiger charge is 2.23. The van der Waals surface area contributed by atoms with Crippen LogP contribution in [0.5, 0.6) is 5.75 Å². The predicted molar refractivity (Wildman–Crippen MR) is 76.3 cm³/mol. The maximum absolute atomic E-state index is 13.4. The van der Waals surface area contributed by atoms with Crippen LogP contribution < -0.4 is 4.74 Å². The Hall–Kier alpha value is -1.17. The molecule has 1 atom stereocenters. The van der Waals surface area contributed by atoms with Crippen LogP contribution in [0.1, 0.15) is 12.0 Å². The number of hydrogen-bond acceptors (Lipinski definition) is 4. The second-order valence-electron chi connectivity index (χ2n) is 5.35. The summed E-state index contributed by atoms with van der Waals surface area (Å²) in [5.74, 6) is -0.0312. The molecule has 0 bridgehead atoms. The number of aliphatic hydroxyl groups is 1. The Morgan fingerprint density at radius 3 is 2.90 bits per heavy atom. The van der Waals surface area contributed by atoms with Crippen LogP contribution in [0, 0.1) is 5.82 Å². The molecule has 0 spiro atoms. The van der Waals surface area contributed by atoms with Crippen molar-refractivity contribution in [1.29, 1.82) is 0 Å². The van der Waals surface area contributed by atoms with E-state index in [-0.39, 0.29) is 12.4 Å². The van der Waals surface area contributed by atoms with Gasteiger partial charge in [-0.25, -0.2) is 4.39 Å². The van der Waals surface area contributed by atoms with Crippen LogP contribution >= 0.6 is 0 Å². The van der Waals surface area contributed by atoms with Crippen molar-refractivity contribution in [2.75, 3.05) is 40.4 Å². The topological polar surface area (TPSA) is 35.9 Å². The number of hydrogen-bond donors (Lipinski definition) is 1. The first-order valence-corrected chi connectivity index (χ1v) is 7.00. The van der Waals surface area contributed by atoms with Crippen molar-refractivity contribution in [3.63, 3.8) is 0 Å². The smallest absolute Gasteiger partial charge is 0.165 e. The van der Waals surface area contributed by atoms with Gasteiger partial charge in [0, 0.05) is 38.8 Å². The van der Waals surface area contributed by atoms with Gasteiger partial charge in [0.2, 0.25) is 0 Å². The van der Waals surface area contributed by atoms with Gasteiger partial charge < -0.3 is 14.7 Å². The van der Waals surface area contributed by atoms with Crippen LogP contribution in [0.2, 0.25) is 0 Å².